The number of aromatic nitrogens is 3. The molecule has 4 aliphatic heterocycles. The number of halogens is 3. The van der Waals surface area contributed by atoms with E-state index in [2.05, 4.69) is 20.1 Å². The summed E-state index contributed by atoms with van der Waals surface area (Å²) >= 11 is 8.03. The average molecular weight is 598 g/mol. The second kappa shape index (κ2) is 9.58. The minimum absolute atomic E-state index is 0.275. The van der Waals surface area contributed by atoms with E-state index in [9.17, 15) is 8.78 Å². The molecule has 2 aromatic carbocycles. The summed E-state index contributed by atoms with van der Waals surface area (Å²) in [6.07, 6.45) is 3.87. The van der Waals surface area contributed by atoms with E-state index in [0.717, 1.165) is 67.9 Å². The molecule has 6 heterocycles. The number of ether oxygens (including phenoxy) is 1. The Balaban J connectivity index is 1.23. The first-order valence-corrected chi connectivity index (χ1v) is 15.4. The molecule has 0 radical (unpaired) electrons. The van der Waals surface area contributed by atoms with Gasteiger partial charge in [-0.15, -0.1) is 0 Å². The van der Waals surface area contributed by atoms with Gasteiger partial charge in [-0.25, -0.2) is 13.8 Å². The first-order chi connectivity index (χ1) is 19.8. The summed E-state index contributed by atoms with van der Waals surface area (Å²) in [4.78, 5) is 18.7. The number of nitrogens with zero attached hydrogens (tertiary/aromatic N) is 5. The molecule has 0 spiro atoms. The molecule has 4 saturated heterocycles. The largest absolute Gasteiger partial charge is 0.461 e. The van der Waals surface area contributed by atoms with E-state index >= 15 is 0 Å². The van der Waals surface area contributed by atoms with Crippen LogP contribution in [-0.4, -0.2) is 76.4 Å². The number of anilines is 2. The van der Waals surface area contributed by atoms with Crippen molar-refractivity contribution >= 4 is 55.0 Å². The van der Waals surface area contributed by atoms with Crippen LogP contribution >= 0.6 is 22.9 Å². The molecule has 2 unspecified atom stereocenters. The summed E-state index contributed by atoms with van der Waals surface area (Å²) in [6, 6.07) is 7.98. The molecule has 0 saturated carbocycles. The molecule has 0 amide bonds. The Hall–Kier alpha value is -2.86. The van der Waals surface area contributed by atoms with Crippen LogP contribution in [0, 0.1) is 5.82 Å². The first-order valence-electron chi connectivity index (χ1n) is 14.2. The molecule has 8 rings (SSSR count). The van der Waals surface area contributed by atoms with Crippen molar-refractivity contribution in [3.05, 3.63) is 35.1 Å². The van der Waals surface area contributed by atoms with Crippen LogP contribution in [0.25, 0.3) is 32.2 Å². The van der Waals surface area contributed by atoms with Crippen LogP contribution in [0.2, 0.25) is 5.02 Å². The number of hydrogen-bond donors (Lipinski definition) is 2. The lowest BCUT2D eigenvalue weighted by atomic mass is 9.95. The number of nitrogens with two attached hydrogens (primary N) is 1. The van der Waals surface area contributed by atoms with Crippen molar-refractivity contribution in [1.82, 2.24) is 25.2 Å². The first kappa shape index (κ1) is 25.8. The number of nitrogens with one attached hydrogen (secondary N) is 1. The summed E-state index contributed by atoms with van der Waals surface area (Å²) < 4.78 is 35.7. The third kappa shape index (κ3) is 4.31. The van der Waals surface area contributed by atoms with E-state index in [4.69, 9.17) is 32.0 Å². The van der Waals surface area contributed by atoms with Crippen LogP contribution in [0.3, 0.4) is 0 Å². The van der Waals surface area contributed by atoms with Gasteiger partial charge in [-0.05, 0) is 56.5 Å². The maximum atomic E-state index is 14.6. The van der Waals surface area contributed by atoms with Gasteiger partial charge in [-0.3, -0.25) is 4.90 Å². The number of fused-ring (bicyclic) bond motifs is 5. The zero-order chi connectivity index (χ0) is 27.9. The SMILES string of the molecule is Nc1nc2c(-c3cc4nc(OC[C@@]56CCCN5C[C@H](F)C6)nc(N5CC6CCC(C5)N6)c4cc3Cl)ccc(F)c2s1. The fourth-order valence-electron chi connectivity index (χ4n) is 7.45. The molecule has 2 bridgehead atoms. The van der Waals surface area contributed by atoms with Crippen LogP contribution < -0.4 is 20.7 Å². The minimum atomic E-state index is -0.833. The van der Waals surface area contributed by atoms with E-state index in [1.54, 1.807) is 6.07 Å². The van der Waals surface area contributed by atoms with Gasteiger partial charge in [0.1, 0.15) is 24.4 Å². The highest BCUT2D eigenvalue weighted by atomic mass is 35.5. The monoisotopic (exact) mass is 597 g/mol. The maximum Gasteiger partial charge on any atom is 0.319 e. The number of alkyl halides is 1. The molecule has 4 atom stereocenters. The fraction of sp³-hybridized carbons (Fsp3) is 0.483. The zero-order valence-electron chi connectivity index (χ0n) is 22.4. The van der Waals surface area contributed by atoms with Crippen molar-refractivity contribution in [2.75, 3.05) is 43.4 Å². The lowest BCUT2D eigenvalue weighted by Crippen LogP contribution is -2.51. The maximum absolute atomic E-state index is 14.6. The number of piperazine rings is 1. The van der Waals surface area contributed by atoms with E-state index in [1.807, 2.05) is 12.1 Å². The molecule has 2 aromatic heterocycles. The van der Waals surface area contributed by atoms with Gasteiger partial charge < -0.3 is 20.7 Å². The van der Waals surface area contributed by atoms with Gasteiger partial charge >= 0.3 is 6.01 Å². The predicted molar refractivity (Wildman–Crippen MR) is 158 cm³/mol. The summed E-state index contributed by atoms with van der Waals surface area (Å²) in [7, 11) is 0. The quantitative estimate of drug-likeness (QED) is 0.325. The lowest BCUT2D eigenvalue weighted by Gasteiger charge is -2.34. The third-order valence-corrected chi connectivity index (χ3v) is 10.5. The van der Waals surface area contributed by atoms with Crippen LogP contribution in [0.5, 0.6) is 6.01 Å². The summed E-state index contributed by atoms with van der Waals surface area (Å²) in [5.74, 6) is 0.417. The molecule has 4 aliphatic rings. The van der Waals surface area contributed by atoms with Crippen LogP contribution in [0.15, 0.2) is 24.3 Å². The molecular formula is C29H30ClF2N7OS. The van der Waals surface area contributed by atoms with Gasteiger partial charge in [-0.1, -0.05) is 22.9 Å². The van der Waals surface area contributed by atoms with Crippen LogP contribution in [0.4, 0.5) is 19.7 Å². The predicted octanol–water partition coefficient (Wildman–Crippen LogP) is 5.18. The molecular weight excluding hydrogens is 568 g/mol. The van der Waals surface area contributed by atoms with Gasteiger partial charge in [-0.2, -0.15) is 9.97 Å². The Morgan fingerprint density at radius 1 is 1.12 bits per heavy atom. The van der Waals surface area contributed by atoms with Crippen molar-refractivity contribution in [2.24, 2.45) is 0 Å². The van der Waals surface area contributed by atoms with E-state index < -0.39 is 6.17 Å². The lowest BCUT2D eigenvalue weighted by molar-refractivity contribution is 0.107. The van der Waals surface area contributed by atoms with Crippen molar-refractivity contribution in [3.8, 4) is 17.1 Å². The van der Waals surface area contributed by atoms with Gasteiger partial charge in [0.25, 0.3) is 0 Å². The number of nitrogen functional groups attached to an aromatic ring is 1. The third-order valence-electron chi connectivity index (χ3n) is 9.29. The smallest absolute Gasteiger partial charge is 0.319 e. The molecule has 41 heavy (non-hydrogen) atoms. The Morgan fingerprint density at radius 3 is 2.78 bits per heavy atom. The normalized spacial score (nSPS) is 27.8. The van der Waals surface area contributed by atoms with E-state index in [0.29, 0.717) is 68.7 Å². The van der Waals surface area contributed by atoms with Crippen LogP contribution in [0.1, 0.15) is 32.1 Å². The zero-order valence-corrected chi connectivity index (χ0v) is 23.9. The standard InChI is InChI=1S/C29H30ClF2N7OS/c30-21-8-20-23(9-19(21)18-4-5-22(32)25-24(18)36-27(33)41-25)35-28(37-26(20)38-12-16-2-3-17(13-38)34-16)40-14-29-6-1-7-39(29)11-15(31)10-29/h4-5,8-9,15-17,34H,1-3,6-7,10-14H2,(H2,33,36)/t15-,16?,17?,29+/m1/s1. The number of benzene rings is 2. The molecule has 12 heteroatoms. The summed E-state index contributed by atoms with van der Waals surface area (Å²) in [5, 5.41) is 5.29. The average Bonchev–Trinajstić information content (AvgIpc) is 3.69. The van der Waals surface area contributed by atoms with E-state index in [-0.39, 0.29) is 17.4 Å². The van der Waals surface area contributed by atoms with Crippen molar-refractivity contribution in [3.63, 3.8) is 0 Å². The molecule has 4 aromatic rings. The van der Waals surface area contributed by atoms with Gasteiger partial charge in [0.05, 0.1) is 21.3 Å². The van der Waals surface area contributed by atoms with Crippen molar-refractivity contribution in [1.29, 1.82) is 0 Å². The molecule has 4 fully saturated rings. The molecule has 3 N–H and O–H groups in total. The second-order valence-corrected chi connectivity index (χ2v) is 13.3. The topological polar surface area (TPSA) is 92.4 Å². The highest BCUT2D eigenvalue weighted by molar-refractivity contribution is 7.22. The van der Waals surface area contributed by atoms with Crippen molar-refractivity contribution < 1.29 is 13.5 Å². The van der Waals surface area contributed by atoms with Gasteiger partial charge in [0.15, 0.2) is 5.13 Å². The van der Waals surface area contributed by atoms with Gasteiger partial charge in [0.2, 0.25) is 0 Å². The van der Waals surface area contributed by atoms with E-state index in [1.165, 1.54) is 6.07 Å². The Kier molecular flexibility index (Phi) is 6.04. The minimum Gasteiger partial charge on any atom is -0.461 e. The number of hydrogen-bond acceptors (Lipinski definition) is 9. The Labute approximate surface area is 244 Å². The van der Waals surface area contributed by atoms with Crippen molar-refractivity contribution in [2.45, 2.75) is 55.9 Å². The Bertz CT molecular complexity index is 1670. The number of thiazole rings is 1. The summed E-state index contributed by atoms with van der Waals surface area (Å²) in [6.45, 7) is 3.37. The fourth-order valence-corrected chi connectivity index (χ4v) is 8.48. The second-order valence-electron chi connectivity index (χ2n) is 11.9. The highest BCUT2D eigenvalue weighted by Crippen LogP contribution is 2.43. The molecule has 0 aliphatic carbocycles. The van der Waals surface area contributed by atoms with Gasteiger partial charge in [0, 0.05) is 59.7 Å². The molecule has 214 valence electrons. The van der Waals surface area contributed by atoms with Crippen LogP contribution in [-0.2, 0) is 0 Å². The summed E-state index contributed by atoms with van der Waals surface area (Å²) in [5.41, 5.74) is 8.16. The highest BCUT2D eigenvalue weighted by Gasteiger charge is 2.49. The molecule has 8 nitrogen and oxygen atoms in total. The number of rotatable bonds is 5. The Morgan fingerprint density at radius 2 is 1.95 bits per heavy atom.